The van der Waals surface area contributed by atoms with E-state index < -0.39 is 16.8 Å². The average molecular weight is 1130 g/mol. The molecule has 0 amide bonds. The Morgan fingerprint density at radius 2 is 0.912 bits per heavy atom. The lowest BCUT2D eigenvalue weighted by Crippen LogP contribution is -2.07. The smallest absolute Gasteiger partial charge is 0.497 e. The van der Waals surface area contributed by atoms with E-state index in [1.807, 2.05) is 60.7 Å². The first-order chi connectivity index (χ1) is 38.9. The van der Waals surface area contributed by atoms with Crippen LogP contribution >= 0.6 is 16.8 Å². The van der Waals surface area contributed by atoms with Crippen LogP contribution in [0.2, 0.25) is 0 Å². The van der Waals surface area contributed by atoms with Crippen molar-refractivity contribution in [1.82, 2.24) is 0 Å². The van der Waals surface area contributed by atoms with Crippen LogP contribution in [0.5, 0.6) is 34.5 Å². The lowest BCUT2D eigenvalue weighted by atomic mass is 9.91. The third kappa shape index (κ3) is 15.9. The van der Waals surface area contributed by atoms with Crippen molar-refractivity contribution in [3.8, 4) is 45.6 Å². The van der Waals surface area contributed by atoms with Crippen molar-refractivity contribution >= 4 is 38.8 Å². The Hall–Kier alpha value is -5.63. The second kappa shape index (κ2) is 31.0. The highest BCUT2D eigenvalue weighted by Crippen LogP contribution is 2.54. The van der Waals surface area contributed by atoms with Gasteiger partial charge in [-0.2, -0.15) is 0 Å². The third-order valence-electron chi connectivity index (χ3n) is 15.5. The van der Waals surface area contributed by atoms with E-state index in [-0.39, 0.29) is 19.1 Å². The van der Waals surface area contributed by atoms with Crippen molar-refractivity contribution in [2.45, 2.75) is 196 Å². The van der Waals surface area contributed by atoms with Gasteiger partial charge in [0.15, 0.2) is 0 Å². The maximum atomic E-state index is 10.7. The summed E-state index contributed by atoms with van der Waals surface area (Å²) in [5.74, 6) is 4.56. The molecule has 7 aromatic rings. The van der Waals surface area contributed by atoms with Crippen LogP contribution in [0.3, 0.4) is 0 Å². The normalized spacial score (nSPS) is 13.0. The lowest BCUT2D eigenvalue weighted by Gasteiger charge is -2.25. The van der Waals surface area contributed by atoms with E-state index in [1.165, 1.54) is 24.0 Å². The molecule has 1 aromatic heterocycles. The molecule has 0 saturated heterocycles. The minimum absolute atomic E-state index is 0.00138. The Bertz CT molecular complexity index is 2960. The molecule has 0 radical (unpaired) electrons. The standard InChI is InChI=1S/C68H90O10P2/c1-12-18-23-47(8)51-28-32-56(33-29-51)73-79(74-57-34-30-52(31-35-57)48(9)24-19-13-2)75-67-55(27-22-16-5)40-58(71-10)42-63(67)64-43-59(72-11)41-60(46(7)17-6)68(64)78-80-76-65-53(25-20-14-3)36-49(44-69)38-61(65)62-39-50(45-70)37-54(26-21-15-4)66(62)77-80/h28-43,46-48,69-70H,12-27,44-45H2,1-11H3. The van der Waals surface area contributed by atoms with Crippen LogP contribution in [0, 0.1) is 0 Å². The summed E-state index contributed by atoms with van der Waals surface area (Å²) in [4.78, 5) is 0. The predicted molar refractivity (Wildman–Crippen MR) is 331 cm³/mol. The number of ether oxygens (including phenoxy) is 2. The Morgan fingerprint density at radius 3 is 1.34 bits per heavy atom. The second-order valence-electron chi connectivity index (χ2n) is 21.7. The molecule has 6 aromatic carbocycles. The number of aryl methyl sites for hydroxylation is 3. The first-order valence-electron chi connectivity index (χ1n) is 29.8. The van der Waals surface area contributed by atoms with Crippen molar-refractivity contribution < 1.29 is 46.2 Å². The fourth-order valence-electron chi connectivity index (χ4n) is 10.3. The third-order valence-corrected chi connectivity index (χ3v) is 17.6. The van der Waals surface area contributed by atoms with E-state index in [1.54, 1.807) is 14.2 Å². The average Bonchev–Trinajstić information content (AvgIpc) is 3.76. The van der Waals surface area contributed by atoms with Gasteiger partial charge in [0.2, 0.25) is 0 Å². The monoisotopic (exact) mass is 1130 g/mol. The molecule has 10 nitrogen and oxygen atoms in total. The number of hydrogen-bond acceptors (Lipinski definition) is 10. The summed E-state index contributed by atoms with van der Waals surface area (Å²) in [6, 6.07) is 32.9. The van der Waals surface area contributed by atoms with E-state index in [9.17, 15) is 10.2 Å². The number of aliphatic hydroxyl groups excluding tert-OH is 2. The van der Waals surface area contributed by atoms with Crippen LogP contribution in [0.25, 0.3) is 33.1 Å². The van der Waals surface area contributed by atoms with Gasteiger partial charge in [0.1, 0.15) is 45.7 Å². The second-order valence-corrected chi connectivity index (χ2v) is 23.7. The molecule has 80 heavy (non-hydrogen) atoms. The zero-order chi connectivity index (χ0) is 57.1. The number of hydrogen-bond donors (Lipinski definition) is 2. The molecular formula is C68H90O10P2. The van der Waals surface area contributed by atoms with Crippen LogP contribution < -0.4 is 27.6 Å². The van der Waals surface area contributed by atoms with E-state index in [2.05, 4.69) is 98.7 Å². The highest BCUT2D eigenvalue weighted by Gasteiger charge is 2.30. The zero-order valence-corrected chi connectivity index (χ0v) is 51.5. The molecule has 3 atom stereocenters. The molecule has 0 aliphatic carbocycles. The zero-order valence-electron chi connectivity index (χ0n) is 49.8. The van der Waals surface area contributed by atoms with Gasteiger partial charge in [-0.05, 0) is 187 Å². The first kappa shape index (κ1) is 62.0. The van der Waals surface area contributed by atoms with Crippen LogP contribution in [-0.4, -0.2) is 24.4 Å². The Morgan fingerprint density at radius 1 is 0.475 bits per heavy atom. The van der Waals surface area contributed by atoms with E-state index in [4.69, 9.17) is 36.0 Å². The molecule has 7 rings (SSSR count). The molecule has 0 spiro atoms. The summed E-state index contributed by atoms with van der Waals surface area (Å²) in [5.41, 5.74) is 10.5. The molecule has 0 aliphatic rings. The molecule has 0 saturated carbocycles. The van der Waals surface area contributed by atoms with Crippen molar-refractivity contribution in [3.63, 3.8) is 0 Å². The van der Waals surface area contributed by atoms with Crippen molar-refractivity contribution in [2.24, 2.45) is 0 Å². The fourth-order valence-corrected chi connectivity index (χ4v) is 12.6. The van der Waals surface area contributed by atoms with E-state index >= 15 is 0 Å². The van der Waals surface area contributed by atoms with Gasteiger partial charge in [0.25, 0.3) is 0 Å². The molecule has 2 N–H and O–H groups in total. The molecule has 0 fully saturated rings. The summed E-state index contributed by atoms with van der Waals surface area (Å²) < 4.78 is 55.4. The topological polar surface area (TPSA) is 122 Å². The lowest BCUT2D eigenvalue weighted by molar-refractivity contribution is 0.281. The maximum Gasteiger partial charge on any atom is 0.530 e. The molecular weight excluding hydrogens is 1040 g/mol. The number of unbranched alkanes of at least 4 members (excludes halogenated alkanes) is 5. The first-order valence-corrected chi connectivity index (χ1v) is 32.0. The molecule has 1 heterocycles. The molecule has 432 valence electrons. The van der Waals surface area contributed by atoms with Crippen molar-refractivity contribution in [2.75, 3.05) is 14.2 Å². The quantitative estimate of drug-likeness (QED) is 0.0394. The van der Waals surface area contributed by atoms with E-state index in [0.29, 0.717) is 75.0 Å². The number of aliphatic hydroxyl groups is 2. The van der Waals surface area contributed by atoms with Crippen LogP contribution in [0.1, 0.15) is 208 Å². The van der Waals surface area contributed by atoms with Gasteiger partial charge in [-0.25, -0.2) is 0 Å². The van der Waals surface area contributed by atoms with Gasteiger partial charge in [-0.3, -0.25) is 0 Å². The summed E-state index contributed by atoms with van der Waals surface area (Å²) in [7, 11) is -1.00. The highest BCUT2D eigenvalue weighted by atomic mass is 31.2. The Labute approximate surface area is 480 Å². The van der Waals surface area contributed by atoms with Crippen LogP contribution in [-0.2, 0) is 32.5 Å². The molecule has 12 heteroatoms. The fraction of sp³-hybridized carbons (Fsp3) is 0.471. The maximum absolute atomic E-state index is 10.7. The largest absolute Gasteiger partial charge is 0.530 e. The van der Waals surface area contributed by atoms with Crippen LogP contribution in [0.4, 0.5) is 0 Å². The number of rotatable bonds is 32. The van der Waals surface area contributed by atoms with Crippen molar-refractivity contribution in [3.05, 3.63) is 142 Å². The molecule has 3 unspecified atom stereocenters. The van der Waals surface area contributed by atoms with Gasteiger partial charge < -0.3 is 46.2 Å². The van der Waals surface area contributed by atoms with Gasteiger partial charge in [-0.15, -0.1) is 0 Å². The number of methoxy groups -OCH3 is 2. The highest BCUT2D eigenvalue weighted by molar-refractivity contribution is 7.43. The summed E-state index contributed by atoms with van der Waals surface area (Å²) in [6.45, 7) is 19.7. The van der Waals surface area contributed by atoms with Crippen LogP contribution in [0.15, 0.2) is 105 Å². The van der Waals surface area contributed by atoms with Gasteiger partial charge in [-0.1, -0.05) is 132 Å². The summed E-state index contributed by atoms with van der Waals surface area (Å²) >= 11 is 0. The van der Waals surface area contributed by atoms with Gasteiger partial charge in [0, 0.05) is 27.5 Å². The van der Waals surface area contributed by atoms with Gasteiger partial charge in [0.05, 0.1) is 27.4 Å². The van der Waals surface area contributed by atoms with Gasteiger partial charge >= 0.3 is 16.8 Å². The number of benzene rings is 6. The summed E-state index contributed by atoms with van der Waals surface area (Å²) in [6.07, 6.45) is 15.5. The van der Waals surface area contributed by atoms with Crippen molar-refractivity contribution in [1.29, 1.82) is 0 Å². The number of fused-ring (bicyclic) bond motifs is 3. The Kier molecular flexibility index (Phi) is 24.0. The SMILES string of the molecule is CCCCc1cc(OC)cc(-c2cc(OC)cc(C(C)CC)c2Op2oc3c(CCCC)cc(CO)cc3c3cc(CO)cc(CCCC)c3o2)c1OP(Oc1ccc(C(C)CCCC)cc1)Oc1ccc(C(C)CCCC)cc1. The molecule has 0 aliphatic heterocycles. The van der Waals surface area contributed by atoms with E-state index in [0.717, 1.165) is 128 Å². The predicted octanol–water partition coefficient (Wildman–Crippen LogP) is 20.7. The minimum atomic E-state index is -2.23. The molecule has 0 bridgehead atoms. The Balaban J connectivity index is 1.49. The summed E-state index contributed by atoms with van der Waals surface area (Å²) in [5, 5.41) is 22.9. The minimum Gasteiger partial charge on any atom is -0.497 e.